The first-order valence-electron chi connectivity index (χ1n) is 8.01. The third-order valence-electron chi connectivity index (χ3n) is 2.33. The van der Waals surface area contributed by atoms with Crippen LogP contribution in [0, 0.1) is 0 Å². The highest BCUT2D eigenvalue weighted by Crippen LogP contribution is 2.20. The number of benzene rings is 1. The predicted molar refractivity (Wildman–Crippen MR) is 98.1 cm³/mol. The summed E-state index contributed by atoms with van der Waals surface area (Å²) in [6, 6.07) is 13.2. The minimum atomic E-state index is -0.115. The Bertz CT molecular complexity index is 522. The molecule has 2 aromatic rings. The molecule has 1 heterocycles. The molecule has 0 saturated carbocycles. The van der Waals surface area contributed by atoms with Crippen LogP contribution in [0.4, 0.5) is 5.69 Å². The van der Waals surface area contributed by atoms with E-state index in [1.54, 1.807) is 6.07 Å². The molecule has 3 nitrogen and oxygen atoms in total. The molecule has 0 bridgehead atoms. The van der Waals surface area contributed by atoms with Crippen LogP contribution in [0.5, 0.6) is 0 Å². The molecule has 0 radical (unpaired) electrons. The second-order valence-corrected chi connectivity index (χ2v) is 3.56. The van der Waals surface area contributed by atoms with Crippen molar-refractivity contribution in [3.8, 4) is 11.3 Å². The Kier molecular flexibility index (Phi) is 13.9. The Morgan fingerprint density at radius 3 is 1.82 bits per heavy atom. The summed E-state index contributed by atoms with van der Waals surface area (Å²) >= 11 is 0. The summed E-state index contributed by atoms with van der Waals surface area (Å²) in [6.07, 6.45) is 0. The quantitative estimate of drug-likeness (QED) is 0.733. The molecule has 0 saturated heterocycles. The van der Waals surface area contributed by atoms with Crippen molar-refractivity contribution in [3.63, 3.8) is 0 Å². The Balaban J connectivity index is 0. The molecule has 2 rings (SSSR count). The second kappa shape index (κ2) is 13.8. The van der Waals surface area contributed by atoms with Gasteiger partial charge in [0.05, 0.1) is 11.4 Å². The summed E-state index contributed by atoms with van der Waals surface area (Å²) in [5, 5.41) is 0. The maximum Gasteiger partial charge on any atom is 0.180 e. The van der Waals surface area contributed by atoms with Crippen LogP contribution < -0.4 is 5.73 Å². The number of pyridine rings is 1. The molecule has 1 aromatic carbocycles. The van der Waals surface area contributed by atoms with E-state index in [0.29, 0.717) is 11.4 Å². The van der Waals surface area contributed by atoms with Crippen molar-refractivity contribution in [2.24, 2.45) is 0 Å². The van der Waals surface area contributed by atoms with Crippen LogP contribution in [0.3, 0.4) is 0 Å². The molecule has 0 fully saturated rings. The summed E-state index contributed by atoms with van der Waals surface area (Å²) in [6.45, 7) is 13.5. The number of aromatic nitrogens is 1. The van der Waals surface area contributed by atoms with Gasteiger partial charge in [-0.2, -0.15) is 0 Å². The van der Waals surface area contributed by atoms with Crippen molar-refractivity contribution < 1.29 is 4.79 Å². The average Bonchev–Trinajstić information content (AvgIpc) is 2.61. The first kappa shape index (κ1) is 22.1. The van der Waals surface area contributed by atoms with E-state index in [1.165, 1.54) is 6.92 Å². The molecule has 0 atom stereocenters. The number of carbonyl (C=O) groups excluding carboxylic acids is 1. The highest BCUT2D eigenvalue weighted by Gasteiger charge is 2.08. The summed E-state index contributed by atoms with van der Waals surface area (Å²) in [5.74, 6) is -0.115. The van der Waals surface area contributed by atoms with Crippen molar-refractivity contribution in [1.82, 2.24) is 4.98 Å². The molecular weight excluding hydrogens is 272 g/mol. The summed E-state index contributed by atoms with van der Waals surface area (Å²) < 4.78 is 0. The smallest absolute Gasteiger partial charge is 0.180 e. The molecule has 0 aliphatic carbocycles. The minimum absolute atomic E-state index is 0.115. The van der Waals surface area contributed by atoms with Gasteiger partial charge in [0.1, 0.15) is 5.69 Å². The van der Waals surface area contributed by atoms with E-state index >= 15 is 0 Å². The lowest BCUT2D eigenvalue weighted by Gasteiger charge is -2.05. The topological polar surface area (TPSA) is 56.0 Å². The monoisotopic (exact) mass is 302 g/mol. The molecule has 2 N–H and O–H groups in total. The normalized spacial score (nSPS) is 8.14. The number of anilines is 1. The van der Waals surface area contributed by atoms with Crippen molar-refractivity contribution in [1.29, 1.82) is 0 Å². The van der Waals surface area contributed by atoms with Gasteiger partial charge in [0.25, 0.3) is 0 Å². The molecule has 0 spiro atoms. The van der Waals surface area contributed by atoms with Crippen molar-refractivity contribution in [2.75, 3.05) is 5.73 Å². The maximum atomic E-state index is 11.3. The lowest BCUT2D eigenvalue weighted by atomic mass is 10.1. The van der Waals surface area contributed by atoms with Gasteiger partial charge >= 0.3 is 0 Å². The van der Waals surface area contributed by atoms with Gasteiger partial charge in [0.15, 0.2) is 5.78 Å². The zero-order valence-corrected chi connectivity index (χ0v) is 15.0. The van der Waals surface area contributed by atoms with Crippen molar-refractivity contribution in [2.45, 2.75) is 48.5 Å². The highest BCUT2D eigenvalue weighted by atomic mass is 16.1. The number of hydrogen-bond donors (Lipinski definition) is 1. The van der Waals surface area contributed by atoms with Gasteiger partial charge < -0.3 is 5.73 Å². The molecule has 0 unspecified atom stereocenters. The van der Waals surface area contributed by atoms with Gasteiger partial charge in [-0.3, -0.25) is 4.79 Å². The fraction of sp³-hybridized carbons (Fsp3) is 0.368. The zero-order valence-electron chi connectivity index (χ0n) is 15.0. The van der Waals surface area contributed by atoms with Crippen LogP contribution in [0.15, 0.2) is 42.5 Å². The molecule has 3 heteroatoms. The van der Waals surface area contributed by atoms with Gasteiger partial charge in [-0.15, -0.1) is 0 Å². The number of nitrogens with two attached hydrogens (primary N) is 1. The fourth-order valence-electron chi connectivity index (χ4n) is 1.52. The Hall–Kier alpha value is -2.16. The Labute approximate surface area is 135 Å². The number of rotatable bonds is 2. The van der Waals surface area contributed by atoms with Gasteiger partial charge in [0, 0.05) is 12.5 Å². The second-order valence-electron chi connectivity index (χ2n) is 3.56. The molecule has 0 aliphatic rings. The molecule has 0 amide bonds. The Morgan fingerprint density at radius 1 is 0.864 bits per heavy atom. The van der Waals surface area contributed by atoms with Gasteiger partial charge in [-0.05, 0) is 12.1 Å². The number of hydrogen-bond acceptors (Lipinski definition) is 3. The molecule has 1 aromatic heterocycles. The van der Waals surface area contributed by atoms with Crippen LogP contribution >= 0.6 is 0 Å². The maximum absolute atomic E-state index is 11.3. The summed E-state index contributed by atoms with van der Waals surface area (Å²) in [5.41, 5.74) is 8.18. The molecule has 0 aliphatic heterocycles. The number of carbonyl (C=O) groups is 1. The van der Waals surface area contributed by atoms with E-state index in [0.717, 1.165) is 11.3 Å². The van der Waals surface area contributed by atoms with Crippen LogP contribution in [0.1, 0.15) is 59.0 Å². The summed E-state index contributed by atoms with van der Waals surface area (Å²) in [4.78, 5) is 15.6. The number of ketones is 1. The lowest BCUT2D eigenvalue weighted by Crippen LogP contribution is -2.03. The first-order valence-corrected chi connectivity index (χ1v) is 8.01. The summed E-state index contributed by atoms with van der Waals surface area (Å²) in [7, 11) is 0. The largest absolute Gasteiger partial charge is 0.397 e. The lowest BCUT2D eigenvalue weighted by molar-refractivity contribution is 0.101. The third-order valence-corrected chi connectivity index (χ3v) is 2.33. The van der Waals surface area contributed by atoms with Gasteiger partial charge in [-0.25, -0.2) is 4.98 Å². The van der Waals surface area contributed by atoms with E-state index in [2.05, 4.69) is 4.98 Å². The van der Waals surface area contributed by atoms with E-state index < -0.39 is 0 Å². The van der Waals surface area contributed by atoms with E-state index in [1.807, 2.05) is 77.9 Å². The predicted octanol–water partition coefficient (Wildman–Crippen LogP) is 5.61. The third kappa shape index (κ3) is 7.02. The van der Waals surface area contributed by atoms with Crippen LogP contribution in [0.2, 0.25) is 0 Å². The number of nitrogen functional groups attached to an aromatic ring is 1. The van der Waals surface area contributed by atoms with E-state index in [-0.39, 0.29) is 5.78 Å². The van der Waals surface area contributed by atoms with Crippen LogP contribution in [-0.2, 0) is 0 Å². The number of nitrogens with zero attached hydrogens (tertiary/aromatic N) is 1. The average molecular weight is 302 g/mol. The van der Waals surface area contributed by atoms with Crippen LogP contribution in [0.25, 0.3) is 11.3 Å². The molecule has 22 heavy (non-hydrogen) atoms. The molecular formula is C19H30N2O. The minimum Gasteiger partial charge on any atom is -0.397 e. The standard InChI is InChI=1S/C13H12N2O.3C2H6/c1-9(16)13-11(14)7-8-12(15-13)10-5-3-2-4-6-10;3*1-2/h2-8H,14H2,1H3;3*1-2H3. The fourth-order valence-corrected chi connectivity index (χ4v) is 1.52. The van der Waals surface area contributed by atoms with E-state index in [9.17, 15) is 4.79 Å². The first-order chi connectivity index (χ1) is 10.7. The zero-order chi connectivity index (χ0) is 17.5. The van der Waals surface area contributed by atoms with Crippen molar-refractivity contribution >= 4 is 11.5 Å². The Morgan fingerprint density at radius 2 is 1.36 bits per heavy atom. The van der Waals surface area contributed by atoms with Crippen molar-refractivity contribution in [3.05, 3.63) is 48.2 Å². The molecule has 122 valence electrons. The SMILES string of the molecule is CC.CC.CC.CC(=O)c1nc(-c2ccccc2)ccc1N. The number of Topliss-reactive ketones (excluding diaryl/α,β-unsaturated/α-hetero) is 1. The highest BCUT2D eigenvalue weighted by molar-refractivity contribution is 5.97. The van der Waals surface area contributed by atoms with Gasteiger partial charge in [-0.1, -0.05) is 71.9 Å². The van der Waals surface area contributed by atoms with Gasteiger partial charge in [0.2, 0.25) is 0 Å². The van der Waals surface area contributed by atoms with Crippen LogP contribution in [-0.4, -0.2) is 10.8 Å². The van der Waals surface area contributed by atoms with E-state index in [4.69, 9.17) is 5.73 Å².